The summed E-state index contributed by atoms with van der Waals surface area (Å²) in [6, 6.07) is 2.30. The zero-order valence-electron chi connectivity index (χ0n) is 21.3. The van der Waals surface area contributed by atoms with Crippen LogP contribution in [0.2, 0.25) is 0 Å². The van der Waals surface area contributed by atoms with E-state index in [-0.39, 0.29) is 0 Å². The first-order valence-electron chi connectivity index (χ1n) is 12.7. The molecule has 0 spiro atoms. The van der Waals surface area contributed by atoms with Crippen LogP contribution in [-0.2, 0) is 12.8 Å². The Bertz CT molecular complexity index is 613. The predicted octanol–water partition coefficient (Wildman–Crippen LogP) is 9.02. The average molecular weight is 415 g/mol. The largest absolute Gasteiger partial charge is 0.493 e. The lowest BCUT2D eigenvalue weighted by Crippen LogP contribution is -2.09. The van der Waals surface area contributed by atoms with Crippen LogP contribution in [0.1, 0.15) is 108 Å². The van der Waals surface area contributed by atoms with Crippen molar-refractivity contribution < 1.29 is 4.74 Å². The van der Waals surface area contributed by atoms with Crippen molar-refractivity contribution in [3.8, 4) is 5.75 Å². The van der Waals surface area contributed by atoms with Gasteiger partial charge in [-0.1, -0.05) is 91.7 Å². The minimum atomic E-state index is 0.740. The summed E-state index contributed by atoms with van der Waals surface area (Å²) >= 11 is 0. The van der Waals surface area contributed by atoms with E-state index in [9.17, 15) is 0 Å². The van der Waals surface area contributed by atoms with E-state index in [4.69, 9.17) is 4.74 Å². The lowest BCUT2D eigenvalue weighted by atomic mass is 9.92. The maximum Gasteiger partial charge on any atom is 0.125 e. The Labute approximate surface area is 188 Å². The molecule has 1 rings (SSSR count). The Morgan fingerprint density at radius 3 is 2.10 bits per heavy atom. The van der Waals surface area contributed by atoms with E-state index in [0.717, 1.165) is 55.8 Å². The topological polar surface area (TPSA) is 9.23 Å². The first kappa shape index (κ1) is 26.8. The van der Waals surface area contributed by atoms with Gasteiger partial charge in [-0.05, 0) is 73.1 Å². The molecule has 0 saturated heterocycles. The second kappa shape index (κ2) is 14.7. The SMILES string of the molecule is C=CCc1cc(C)c(OCCC(C)CCCC(C)CCCC(C)C)c(CCC)c1C. The molecule has 172 valence electrons. The van der Waals surface area contributed by atoms with Crippen molar-refractivity contribution in [2.45, 2.75) is 113 Å². The maximum absolute atomic E-state index is 6.38. The molecule has 30 heavy (non-hydrogen) atoms. The van der Waals surface area contributed by atoms with Gasteiger partial charge in [-0.3, -0.25) is 0 Å². The zero-order chi connectivity index (χ0) is 22.5. The molecule has 0 aromatic heterocycles. The van der Waals surface area contributed by atoms with Crippen LogP contribution in [0.4, 0.5) is 0 Å². The van der Waals surface area contributed by atoms with Gasteiger partial charge in [0.2, 0.25) is 0 Å². The van der Waals surface area contributed by atoms with Crippen molar-refractivity contribution >= 4 is 0 Å². The minimum Gasteiger partial charge on any atom is -0.493 e. The lowest BCUT2D eigenvalue weighted by Gasteiger charge is -2.20. The minimum absolute atomic E-state index is 0.740. The summed E-state index contributed by atoms with van der Waals surface area (Å²) in [5.74, 6) is 3.61. The van der Waals surface area contributed by atoms with Crippen LogP contribution in [-0.4, -0.2) is 6.61 Å². The van der Waals surface area contributed by atoms with Crippen molar-refractivity contribution in [2.75, 3.05) is 6.61 Å². The van der Waals surface area contributed by atoms with E-state index in [1.807, 2.05) is 6.08 Å². The first-order chi connectivity index (χ1) is 14.3. The molecule has 0 fully saturated rings. The summed E-state index contributed by atoms with van der Waals surface area (Å²) in [6.07, 6.45) is 14.6. The molecule has 1 aromatic carbocycles. The highest BCUT2D eigenvalue weighted by Gasteiger charge is 2.14. The molecule has 0 N–H and O–H groups in total. The Kier molecular flexibility index (Phi) is 13.1. The Morgan fingerprint density at radius 2 is 1.53 bits per heavy atom. The second-order valence-corrected chi connectivity index (χ2v) is 10.1. The van der Waals surface area contributed by atoms with Crippen LogP contribution in [0.5, 0.6) is 5.75 Å². The molecule has 0 saturated carbocycles. The fourth-order valence-corrected chi connectivity index (χ4v) is 4.50. The molecule has 0 aliphatic rings. The number of allylic oxidation sites excluding steroid dienone is 1. The summed E-state index contributed by atoms with van der Waals surface area (Å²) < 4.78 is 6.38. The van der Waals surface area contributed by atoms with E-state index < -0.39 is 0 Å². The van der Waals surface area contributed by atoms with Gasteiger partial charge in [0.15, 0.2) is 0 Å². The van der Waals surface area contributed by atoms with Gasteiger partial charge in [0.25, 0.3) is 0 Å². The molecular formula is C29H50O. The number of hydrogen-bond donors (Lipinski definition) is 0. The van der Waals surface area contributed by atoms with Crippen LogP contribution in [0.15, 0.2) is 18.7 Å². The van der Waals surface area contributed by atoms with Crippen LogP contribution in [0.25, 0.3) is 0 Å². The monoisotopic (exact) mass is 414 g/mol. The molecule has 2 atom stereocenters. The molecule has 1 nitrogen and oxygen atoms in total. The molecule has 0 aliphatic heterocycles. The van der Waals surface area contributed by atoms with Crippen molar-refractivity contribution in [2.24, 2.45) is 17.8 Å². The van der Waals surface area contributed by atoms with E-state index >= 15 is 0 Å². The Morgan fingerprint density at radius 1 is 0.933 bits per heavy atom. The molecule has 1 heteroatoms. The molecular weight excluding hydrogens is 364 g/mol. The lowest BCUT2D eigenvalue weighted by molar-refractivity contribution is 0.270. The van der Waals surface area contributed by atoms with E-state index in [2.05, 4.69) is 61.1 Å². The van der Waals surface area contributed by atoms with Gasteiger partial charge < -0.3 is 4.74 Å². The van der Waals surface area contributed by atoms with E-state index in [1.165, 1.54) is 60.8 Å². The van der Waals surface area contributed by atoms with Crippen molar-refractivity contribution in [1.82, 2.24) is 0 Å². The van der Waals surface area contributed by atoms with Crippen LogP contribution in [0.3, 0.4) is 0 Å². The smallest absolute Gasteiger partial charge is 0.125 e. The highest BCUT2D eigenvalue weighted by Crippen LogP contribution is 2.32. The van der Waals surface area contributed by atoms with Gasteiger partial charge in [0, 0.05) is 0 Å². The van der Waals surface area contributed by atoms with Crippen LogP contribution in [0, 0.1) is 31.6 Å². The molecule has 1 aromatic rings. The summed E-state index contributed by atoms with van der Waals surface area (Å²) in [5.41, 5.74) is 5.49. The summed E-state index contributed by atoms with van der Waals surface area (Å²) in [4.78, 5) is 0. The number of rotatable bonds is 16. The van der Waals surface area contributed by atoms with Gasteiger partial charge in [0.1, 0.15) is 5.75 Å². The second-order valence-electron chi connectivity index (χ2n) is 10.1. The van der Waals surface area contributed by atoms with Gasteiger partial charge in [-0.25, -0.2) is 0 Å². The van der Waals surface area contributed by atoms with Gasteiger partial charge in [-0.15, -0.1) is 6.58 Å². The summed E-state index contributed by atoms with van der Waals surface area (Å²) in [6.45, 7) is 21.0. The molecule has 0 heterocycles. The highest BCUT2D eigenvalue weighted by atomic mass is 16.5. The number of hydrogen-bond acceptors (Lipinski definition) is 1. The standard InChI is InChI=1S/C29H50O/c1-9-13-27-21-25(7)29(28(14-10-2)26(27)8)30-20-19-24(6)18-12-17-23(5)16-11-15-22(3)4/h9,21-24H,1,10-20H2,2-8H3. The van der Waals surface area contributed by atoms with Crippen LogP contribution >= 0.6 is 0 Å². The average Bonchev–Trinajstić information content (AvgIpc) is 2.67. The highest BCUT2D eigenvalue weighted by molar-refractivity contribution is 5.50. The van der Waals surface area contributed by atoms with Crippen LogP contribution < -0.4 is 4.74 Å². The maximum atomic E-state index is 6.38. The van der Waals surface area contributed by atoms with Crippen molar-refractivity contribution in [3.63, 3.8) is 0 Å². The van der Waals surface area contributed by atoms with Gasteiger partial charge >= 0.3 is 0 Å². The zero-order valence-corrected chi connectivity index (χ0v) is 21.3. The number of benzene rings is 1. The fourth-order valence-electron chi connectivity index (χ4n) is 4.50. The quantitative estimate of drug-likeness (QED) is 0.245. The van der Waals surface area contributed by atoms with Gasteiger partial charge in [-0.2, -0.15) is 0 Å². The number of ether oxygens (including phenoxy) is 1. The fraction of sp³-hybridized carbons (Fsp3) is 0.724. The summed E-state index contributed by atoms with van der Waals surface area (Å²) in [5, 5.41) is 0. The molecule has 0 radical (unpaired) electrons. The third-order valence-electron chi connectivity index (χ3n) is 6.55. The normalized spacial score (nSPS) is 13.5. The van der Waals surface area contributed by atoms with E-state index in [1.54, 1.807) is 0 Å². The third-order valence-corrected chi connectivity index (χ3v) is 6.55. The predicted molar refractivity (Wildman–Crippen MR) is 135 cm³/mol. The Hall–Kier alpha value is -1.24. The van der Waals surface area contributed by atoms with Crippen molar-refractivity contribution in [3.05, 3.63) is 41.0 Å². The van der Waals surface area contributed by atoms with E-state index in [0.29, 0.717) is 0 Å². The molecule has 2 unspecified atom stereocenters. The molecule has 0 aliphatic carbocycles. The Balaban J connectivity index is 2.47. The molecule has 0 bridgehead atoms. The summed E-state index contributed by atoms with van der Waals surface area (Å²) in [7, 11) is 0. The third kappa shape index (κ3) is 9.71. The first-order valence-corrected chi connectivity index (χ1v) is 12.7. The molecule has 0 amide bonds. The number of aryl methyl sites for hydroxylation is 1. The van der Waals surface area contributed by atoms with Gasteiger partial charge in [0.05, 0.1) is 6.61 Å². The van der Waals surface area contributed by atoms with Crippen molar-refractivity contribution in [1.29, 1.82) is 0 Å².